The number of rotatable bonds is 7. The number of aromatic nitrogens is 2. The van der Waals surface area contributed by atoms with Gasteiger partial charge in [0.25, 0.3) is 5.91 Å². The third-order valence-corrected chi connectivity index (χ3v) is 6.51. The third-order valence-electron chi connectivity index (χ3n) is 5.30. The van der Waals surface area contributed by atoms with Gasteiger partial charge in [0.2, 0.25) is 17.8 Å². The van der Waals surface area contributed by atoms with Gasteiger partial charge in [0.1, 0.15) is 11.0 Å². The number of nitrogens with one attached hydrogen (secondary N) is 2. The molecule has 1 atom stereocenters. The highest BCUT2D eigenvalue weighted by Gasteiger charge is 2.24. The molecule has 0 radical (unpaired) electrons. The molecule has 0 bridgehead atoms. The van der Waals surface area contributed by atoms with E-state index in [9.17, 15) is 9.59 Å². The molecule has 176 valence electrons. The number of benzene rings is 3. The maximum absolute atomic E-state index is 13.2. The van der Waals surface area contributed by atoms with E-state index in [2.05, 4.69) is 20.8 Å². The molecular weight excluding hydrogens is 488 g/mol. The van der Waals surface area contributed by atoms with Crippen molar-refractivity contribution in [3.8, 4) is 22.1 Å². The molecular formula is C25H19ClN4O4S. The lowest BCUT2D eigenvalue weighted by Gasteiger charge is -2.18. The highest BCUT2D eigenvalue weighted by Crippen LogP contribution is 2.37. The molecule has 1 aliphatic heterocycles. The highest BCUT2D eigenvalue weighted by molar-refractivity contribution is 7.18. The van der Waals surface area contributed by atoms with E-state index in [4.69, 9.17) is 21.1 Å². The van der Waals surface area contributed by atoms with E-state index in [1.165, 1.54) is 11.3 Å². The Bertz CT molecular complexity index is 1380. The van der Waals surface area contributed by atoms with Crippen LogP contribution >= 0.6 is 22.9 Å². The van der Waals surface area contributed by atoms with Crippen molar-refractivity contribution >= 4 is 39.9 Å². The third kappa shape index (κ3) is 5.26. The summed E-state index contributed by atoms with van der Waals surface area (Å²) in [4.78, 5) is 26.1. The summed E-state index contributed by atoms with van der Waals surface area (Å²) in [5.41, 5.74) is 1.98. The predicted molar refractivity (Wildman–Crippen MR) is 133 cm³/mol. The second-order valence-corrected chi connectivity index (χ2v) is 9.05. The van der Waals surface area contributed by atoms with E-state index in [0.29, 0.717) is 32.2 Å². The monoisotopic (exact) mass is 506 g/mol. The number of nitrogens with zero attached hydrogens (tertiary/aromatic N) is 2. The number of hydrogen-bond donors (Lipinski definition) is 2. The molecule has 35 heavy (non-hydrogen) atoms. The Morgan fingerprint density at radius 3 is 2.57 bits per heavy atom. The lowest BCUT2D eigenvalue weighted by atomic mass is 10.0. The van der Waals surface area contributed by atoms with Crippen molar-refractivity contribution in [1.82, 2.24) is 15.5 Å². The van der Waals surface area contributed by atoms with Crippen LogP contribution in [0.15, 0.2) is 72.8 Å². The molecule has 3 aromatic carbocycles. The first-order valence-corrected chi connectivity index (χ1v) is 11.9. The maximum atomic E-state index is 13.2. The van der Waals surface area contributed by atoms with Gasteiger partial charge in [-0.05, 0) is 35.9 Å². The van der Waals surface area contributed by atoms with Crippen LogP contribution in [-0.2, 0) is 11.2 Å². The van der Waals surface area contributed by atoms with Crippen LogP contribution in [0.25, 0.3) is 10.6 Å². The molecule has 0 aliphatic carbocycles. The van der Waals surface area contributed by atoms with E-state index >= 15 is 0 Å². The second-order valence-electron chi connectivity index (χ2n) is 7.67. The normalized spacial score (nSPS) is 12.7. The Hall–Kier alpha value is -3.95. The molecule has 0 saturated carbocycles. The van der Waals surface area contributed by atoms with Crippen LogP contribution < -0.4 is 20.1 Å². The van der Waals surface area contributed by atoms with Crippen molar-refractivity contribution in [2.75, 3.05) is 12.1 Å². The molecule has 8 nitrogen and oxygen atoms in total. The van der Waals surface area contributed by atoms with Crippen molar-refractivity contribution in [3.63, 3.8) is 0 Å². The Labute approximate surface area is 209 Å². The first-order valence-electron chi connectivity index (χ1n) is 10.7. The summed E-state index contributed by atoms with van der Waals surface area (Å²) in [7, 11) is 0. The van der Waals surface area contributed by atoms with E-state index in [1.807, 2.05) is 42.5 Å². The lowest BCUT2D eigenvalue weighted by Crippen LogP contribution is -2.45. The standard InChI is InChI=1S/C25H19ClN4O4S/c26-18-9-5-4-8-17(18)22(31)27-19(12-15-6-2-1-3-7-15)23(32)28-25-30-29-24(35-25)16-10-11-20-21(13-16)34-14-33-20/h1-11,13,19H,12,14H2,(H,27,31)(H,28,30,32). The summed E-state index contributed by atoms with van der Waals surface area (Å²) < 4.78 is 10.8. The average Bonchev–Trinajstić information content (AvgIpc) is 3.53. The molecule has 2 amide bonds. The minimum atomic E-state index is -0.862. The molecule has 10 heteroatoms. The molecule has 1 aliphatic rings. The number of ether oxygens (including phenoxy) is 2. The molecule has 0 fully saturated rings. The smallest absolute Gasteiger partial charge is 0.253 e. The molecule has 1 aromatic heterocycles. The van der Waals surface area contributed by atoms with Crippen molar-refractivity contribution in [2.45, 2.75) is 12.5 Å². The summed E-state index contributed by atoms with van der Waals surface area (Å²) in [6.07, 6.45) is 0.288. The Morgan fingerprint density at radius 2 is 1.74 bits per heavy atom. The van der Waals surface area contributed by atoms with Crippen LogP contribution in [0.5, 0.6) is 11.5 Å². The summed E-state index contributed by atoms with van der Waals surface area (Å²) in [6.45, 7) is 0.179. The van der Waals surface area contributed by atoms with Gasteiger partial charge in [0.05, 0.1) is 10.6 Å². The van der Waals surface area contributed by atoms with Crippen LogP contribution in [0.4, 0.5) is 5.13 Å². The van der Waals surface area contributed by atoms with E-state index in [-0.39, 0.29) is 13.2 Å². The van der Waals surface area contributed by atoms with E-state index < -0.39 is 17.9 Å². The van der Waals surface area contributed by atoms with Crippen molar-refractivity contribution < 1.29 is 19.1 Å². The number of fused-ring (bicyclic) bond motifs is 1. The largest absolute Gasteiger partial charge is 0.454 e. The summed E-state index contributed by atoms with van der Waals surface area (Å²) in [6, 6.07) is 20.7. The Morgan fingerprint density at radius 1 is 0.971 bits per heavy atom. The van der Waals surface area contributed by atoms with Gasteiger partial charge in [-0.15, -0.1) is 10.2 Å². The zero-order valence-corrected chi connectivity index (χ0v) is 19.8. The number of carbonyl (C=O) groups is 2. The zero-order chi connectivity index (χ0) is 24.2. The molecule has 4 aromatic rings. The maximum Gasteiger partial charge on any atom is 0.253 e. The fraction of sp³-hybridized carbons (Fsp3) is 0.120. The van der Waals surface area contributed by atoms with Crippen molar-refractivity contribution in [1.29, 1.82) is 0 Å². The van der Waals surface area contributed by atoms with Gasteiger partial charge in [-0.25, -0.2) is 0 Å². The molecule has 0 saturated heterocycles. The average molecular weight is 507 g/mol. The van der Waals surface area contributed by atoms with E-state index in [1.54, 1.807) is 30.3 Å². The van der Waals surface area contributed by atoms with Gasteiger partial charge in [0.15, 0.2) is 11.5 Å². The second kappa shape index (κ2) is 10.1. The summed E-state index contributed by atoms with van der Waals surface area (Å²) >= 11 is 7.39. The van der Waals surface area contributed by atoms with Crippen LogP contribution in [-0.4, -0.2) is 34.8 Å². The Balaban J connectivity index is 1.33. The first-order chi connectivity index (χ1) is 17.1. The lowest BCUT2D eigenvalue weighted by molar-refractivity contribution is -0.118. The topological polar surface area (TPSA) is 102 Å². The summed E-state index contributed by atoms with van der Waals surface area (Å²) in [5, 5.41) is 15.1. The number of anilines is 1. The van der Waals surface area contributed by atoms with E-state index in [0.717, 1.165) is 11.1 Å². The first kappa shape index (κ1) is 22.8. The van der Waals surface area contributed by atoms with Gasteiger partial charge in [0, 0.05) is 12.0 Å². The number of halogens is 1. The quantitative estimate of drug-likeness (QED) is 0.381. The Kier molecular flexibility index (Phi) is 6.60. The molecule has 5 rings (SSSR count). The van der Waals surface area contributed by atoms with Gasteiger partial charge in [-0.3, -0.25) is 14.9 Å². The number of amides is 2. The van der Waals surface area contributed by atoms with Crippen LogP contribution in [0, 0.1) is 0 Å². The summed E-state index contributed by atoms with van der Waals surface area (Å²) in [5.74, 6) is 0.450. The van der Waals surface area contributed by atoms with Crippen LogP contribution in [0.2, 0.25) is 5.02 Å². The number of carbonyl (C=O) groups excluding carboxylic acids is 2. The minimum absolute atomic E-state index is 0.179. The van der Waals surface area contributed by atoms with Gasteiger partial charge >= 0.3 is 0 Å². The van der Waals surface area contributed by atoms with Crippen molar-refractivity contribution in [2.24, 2.45) is 0 Å². The minimum Gasteiger partial charge on any atom is -0.454 e. The number of hydrogen-bond acceptors (Lipinski definition) is 7. The molecule has 0 spiro atoms. The zero-order valence-electron chi connectivity index (χ0n) is 18.2. The fourth-order valence-corrected chi connectivity index (χ4v) is 4.52. The van der Waals surface area contributed by atoms with Gasteiger partial charge in [-0.2, -0.15) is 0 Å². The predicted octanol–water partition coefficient (Wildman–Crippen LogP) is 4.57. The van der Waals surface area contributed by atoms with Gasteiger partial charge < -0.3 is 14.8 Å². The SMILES string of the molecule is O=C(NC(Cc1ccccc1)C(=O)Nc1nnc(-c2ccc3c(c2)OCO3)s1)c1ccccc1Cl. The fourth-order valence-electron chi connectivity index (χ4n) is 3.55. The van der Waals surface area contributed by atoms with Crippen molar-refractivity contribution in [3.05, 3.63) is 88.9 Å². The molecule has 2 heterocycles. The van der Waals surface area contributed by atoms with Crippen LogP contribution in [0.3, 0.4) is 0 Å². The van der Waals surface area contributed by atoms with Gasteiger partial charge in [-0.1, -0.05) is 65.4 Å². The molecule has 1 unspecified atom stereocenters. The highest BCUT2D eigenvalue weighted by atomic mass is 35.5. The molecule has 2 N–H and O–H groups in total. The van der Waals surface area contributed by atoms with Crippen LogP contribution in [0.1, 0.15) is 15.9 Å².